The molecule has 1 fully saturated rings. The first-order valence-corrected chi connectivity index (χ1v) is 7.50. The normalized spacial score (nSPS) is 21.6. The summed E-state index contributed by atoms with van der Waals surface area (Å²) in [5.41, 5.74) is 0. The first-order chi connectivity index (χ1) is 9.65. The summed E-state index contributed by atoms with van der Waals surface area (Å²) in [6.07, 6.45) is 0.630. The number of aliphatic hydroxyl groups excluding tert-OH is 2. The average molecular weight is 290 g/mol. The van der Waals surface area contributed by atoms with E-state index >= 15 is 0 Å². The van der Waals surface area contributed by atoms with Gasteiger partial charge in [-0.3, -0.25) is 9.80 Å². The van der Waals surface area contributed by atoms with Crippen LogP contribution in [0.1, 0.15) is 13.3 Å². The van der Waals surface area contributed by atoms with E-state index in [9.17, 15) is 5.11 Å². The predicted molar refractivity (Wildman–Crippen MR) is 77.9 cm³/mol. The molecule has 0 aromatic heterocycles. The van der Waals surface area contributed by atoms with Crippen molar-refractivity contribution in [1.29, 1.82) is 0 Å². The summed E-state index contributed by atoms with van der Waals surface area (Å²) in [7, 11) is 1.64. The molecule has 2 unspecified atom stereocenters. The van der Waals surface area contributed by atoms with Crippen LogP contribution in [0.5, 0.6) is 0 Å². The molecule has 0 spiro atoms. The second kappa shape index (κ2) is 10.5. The maximum absolute atomic E-state index is 10.0. The molecule has 20 heavy (non-hydrogen) atoms. The van der Waals surface area contributed by atoms with Crippen molar-refractivity contribution in [2.75, 3.05) is 66.2 Å². The summed E-state index contributed by atoms with van der Waals surface area (Å²) in [4.78, 5) is 4.54. The van der Waals surface area contributed by atoms with Crippen LogP contribution in [0.2, 0.25) is 0 Å². The highest BCUT2D eigenvalue weighted by Gasteiger charge is 2.17. The molecular weight excluding hydrogens is 260 g/mol. The van der Waals surface area contributed by atoms with Gasteiger partial charge in [0.25, 0.3) is 0 Å². The van der Waals surface area contributed by atoms with Gasteiger partial charge in [0.1, 0.15) is 0 Å². The van der Waals surface area contributed by atoms with Crippen molar-refractivity contribution in [3.05, 3.63) is 0 Å². The number of rotatable bonds is 9. The molecule has 0 radical (unpaired) electrons. The van der Waals surface area contributed by atoms with Gasteiger partial charge in [0.15, 0.2) is 0 Å². The highest BCUT2D eigenvalue weighted by molar-refractivity contribution is 4.72. The zero-order chi connectivity index (χ0) is 14.8. The Morgan fingerprint density at radius 1 is 1.10 bits per heavy atom. The van der Waals surface area contributed by atoms with Gasteiger partial charge in [-0.25, -0.2) is 0 Å². The standard InChI is InChI=1S/C14H30N2O4/c1-13(11-19-2)20-12-14(18)10-16-5-3-4-15(6-7-16)8-9-17/h13-14,17-18H,3-12H2,1-2H3. The molecule has 6 heteroatoms. The third-order valence-electron chi connectivity index (χ3n) is 3.54. The SMILES string of the molecule is COCC(C)OCC(O)CN1CCCN(CCO)CC1. The molecule has 2 N–H and O–H groups in total. The number of nitrogens with zero attached hydrogens (tertiary/aromatic N) is 2. The summed E-state index contributed by atoms with van der Waals surface area (Å²) in [6, 6.07) is 0. The van der Waals surface area contributed by atoms with Crippen molar-refractivity contribution in [1.82, 2.24) is 9.80 Å². The molecule has 1 heterocycles. The van der Waals surface area contributed by atoms with E-state index in [-0.39, 0.29) is 12.7 Å². The fraction of sp³-hybridized carbons (Fsp3) is 1.00. The number of ether oxygens (including phenoxy) is 2. The molecule has 1 aliphatic rings. The highest BCUT2D eigenvalue weighted by atomic mass is 16.5. The van der Waals surface area contributed by atoms with Gasteiger partial charge >= 0.3 is 0 Å². The molecule has 1 aliphatic heterocycles. The van der Waals surface area contributed by atoms with E-state index in [2.05, 4.69) is 9.80 Å². The van der Waals surface area contributed by atoms with E-state index in [4.69, 9.17) is 14.6 Å². The van der Waals surface area contributed by atoms with E-state index in [1.165, 1.54) is 0 Å². The Bertz CT molecular complexity index is 243. The maximum atomic E-state index is 10.0. The smallest absolute Gasteiger partial charge is 0.0900 e. The lowest BCUT2D eigenvalue weighted by Gasteiger charge is -2.24. The van der Waals surface area contributed by atoms with Crippen LogP contribution < -0.4 is 0 Å². The van der Waals surface area contributed by atoms with Crippen LogP contribution in [-0.2, 0) is 9.47 Å². The number of β-amino-alcohol motifs (C(OH)–C–C–N with tert-alkyl or cyclic N) is 2. The van der Waals surface area contributed by atoms with Crippen LogP contribution in [-0.4, -0.2) is 98.4 Å². The molecule has 2 atom stereocenters. The van der Waals surface area contributed by atoms with Crippen molar-refractivity contribution in [2.24, 2.45) is 0 Å². The van der Waals surface area contributed by atoms with E-state index in [0.717, 1.165) is 39.1 Å². The summed E-state index contributed by atoms with van der Waals surface area (Å²) in [6.45, 7) is 8.34. The summed E-state index contributed by atoms with van der Waals surface area (Å²) in [5.74, 6) is 0. The topological polar surface area (TPSA) is 65.4 Å². The van der Waals surface area contributed by atoms with Gasteiger partial charge in [-0.2, -0.15) is 0 Å². The summed E-state index contributed by atoms with van der Waals surface area (Å²) in [5, 5.41) is 19.0. The van der Waals surface area contributed by atoms with Crippen LogP contribution in [0, 0.1) is 0 Å². The molecule has 0 saturated carbocycles. The van der Waals surface area contributed by atoms with Crippen molar-refractivity contribution in [2.45, 2.75) is 25.6 Å². The lowest BCUT2D eigenvalue weighted by atomic mass is 10.3. The van der Waals surface area contributed by atoms with Crippen molar-refractivity contribution in [3.63, 3.8) is 0 Å². The minimum absolute atomic E-state index is 0.0128. The van der Waals surface area contributed by atoms with E-state index < -0.39 is 6.10 Å². The Morgan fingerprint density at radius 2 is 1.80 bits per heavy atom. The molecule has 1 rings (SSSR count). The second-order valence-electron chi connectivity index (χ2n) is 5.47. The molecule has 0 aromatic carbocycles. The first-order valence-electron chi connectivity index (χ1n) is 7.50. The van der Waals surface area contributed by atoms with Crippen molar-refractivity contribution >= 4 is 0 Å². The average Bonchev–Trinajstić information content (AvgIpc) is 2.63. The molecule has 1 saturated heterocycles. The number of methoxy groups -OCH3 is 1. The third kappa shape index (κ3) is 7.52. The van der Waals surface area contributed by atoms with Gasteiger partial charge in [0, 0.05) is 33.3 Å². The minimum atomic E-state index is -0.460. The Labute approximate surface area is 122 Å². The summed E-state index contributed by atoms with van der Waals surface area (Å²) >= 11 is 0. The van der Waals surface area contributed by atoms with Gasteiger partial charge in [0.2, 0.25) is 0 Å². The van der Waals surface area contributed by atoms with Gasteiger partial charge in [-0.1, -0.05) is 0 Å². The van der Waals surface area contributed by atoms with E-state index in [1.54, 1.807) is 7.11 Å². The Balaban J connectivity index is 2.19. The van der Waals surface area contributed by atoms with Gasteiger partial charge in [-0.05, 0) is 26.4 Å². The fourth-order valence-corrected chi connectivity index (χ4v) is 2.48. The zero-order valence-corrected chi connectivity index (χ0v) is 12.8. The Morgan fingerprint density at radius 3 is 2.50 bits per heavy atom. The molecule has 0 aromatic rings. The van der Waals surface area contributed by atoms with Crippen LogP contribution in [0.25, 0.3) is 0 Å². The van der Waals surface area contributed by atoms with Gasteiger partial charge < -0.3 is 19.7 Å². The Kier molecular flexibility index (Phi) is 9.33. The Hall–Kier alpha value is -0.240. The molecule has 6 nitrogen and oxygen atoms in total. The molecule has 0 amide bonds. The van der Waals surface area contributed by atoms with Gasteiger partial charge in [-0.15, -0.1) is 0 Å². The number of hydrogen-bond acceptors (Lipinski definition) is 6. The number of hydrogen-bond donors (Lipinski definition) is 2. The predicted octanol–water partition coefficient (Wildman–Crippen LogP) is -0.601. The highest BCUT2D eigenvalue weighted by Crippen LogP contribution is 2.04. The zero-order valence-electron chi connectivity index (χ0n) is 12.8. The monoisotopic (exact) mass is 290 g/mol. The van der Waals surface area contributed by atoms with Crippen LogP contribution in [0.4, 0.5) is 0 Å². The van der Waals surface area contributed by atoms with Gasteiger partial charge in [0.05, 0.1) is 32.0 Å². The van der Waals surface area contributed by atoms with Crippen molar-refractivity contribution in [3.8, 4) is 0 Å². The summed E-state index contributed by atoms with van der Waals surface area (Å²) < 4.78 is 10.5. The number of aliphatic hydroxyl groups is 2. The molecule has 0 bridgehead atoms. The van der Waals surface area contributed by atoms with Crippen LogP contribution >= 0.6 is 0 Å². The minimum Gasteiger partial charge on any atom is -0.395 e. The van der Waals surface area contributed by atoms with Crippen molar-refractivity contribution < 1.29 is 19.7 Å². The van der Waals surface area contributed by atoms with Crippen LogP contribution in [0.15, 0.2) is 0 Å². The fourth-order valence-electron chi connectivity index (χ4n) is 2.48. The third-order valence-corrected chi connectivity index (χ3v) is 3.54. The first kappa shape index (κ1) is 17.8. The molecule has 120 valence electrons. The molecule has 0 aliphatic carbocycles. The lowest BCUT2D eigenvalue weighted by molar-refractivity contribution is -0.0394. The van der Waals surface area contributed by atoms with E-state index in [0.29, 0.717) is 19.8 Å². The largest absolute Gasteiger partial charge is 0.395 e. The second-order valence-corrected chi connectivity index (χ2v) is 5.47. The maximum Gasteiger partial charge on any atom is 0.0900 e. The molecular formula is C14H30N2O4. The van der Waals surface area contributed by atoms with Crippen LogP contribution in [0.3, 0.4) is 0 Å². The lowest BCUT2D eigenvalue weighted by Crippen LogP contribution is -2.38. The van der Waals surface area contributed by atoms with E-state index in [1.807, 2.05) is 6.92 Å². The quantitative estimate of drug-likeness (QED) is 0.591.